The molecule has 0 aromatic heterocycles. The predicted octanol–water partition coefficient (Wildman–Crippen LogP) is 6.60. The molecule has 4 heteroatoms. The molecule has 0 amide bonds. The van der Waals surface area contributed by atoms with Gasteiger partial charge in [0, 0.05) is 12.8 Å². The van der Waals surface area contributed by atoms with Crippen molar-refractivity contribution < 1.29 is 19.1 Å². The van der Waals surface area contributed by atoms with Crippen molar-refractivity contribution in [2.75, 3.05) is 13.2 Å². The molecule has 0 N–H and O–H groups in total. The van der Waals surface area contributed by atoms with Gasteiger partial charge in [0.15, 0.2) is 0 Å². The summed E-state index contributed by atoms with van der Waals surface area (Å²) in [4.78, 5) is 23.1. The molecule has 0 aliphatic rings. The van der Waals surface area contributed by atoms with E-state index in [0.29, 0.717) is 32.0 Å². The van der Waals surface area contributed by atoms with Crippen LogP contribution in [0.15, 0.2) is 0 Å². The average molecular weight is 385 g/mol. The molecule has 0 saturated heterocycles. The number of carbonyl (C=O) groups is 2. The number of hydrogen-bond donors (Lipinski definition) is 0. The third-order valence-corrected chi connectivity index (χ3v) is 4.60. The first-order chi connectivity index (χ1) is 13.1. The van der Waals surface area contributed by atoms with Crippen molar-refractivity contribution in [3.05, 3.63) is 0 Å². The van der Waals surface area contributed by atoms with Gasteiger partial charge in [-0.1, -0.05) is 85.0 Å². The van der Waals surface area contributed by atoms with E-state index in [4.69, 9.17) is 9.47 Å². The lowest BCUT2D eigenvalue weighted by molar-refractivity contribution is -0.145. The van der Waals surface area contributed by atoms with Crippen molar-refractivity contribution in [2.45, 2.75) is 117 Å². The zero-order valence-corrected chi connectivity index (χ0v) is 18.2. The lowest BCUT2D eigenvalue weighted by atomic mass is 10.1. The van der Waals surface area contributed by atoms with E-state index in [1.54, 1.807) is 0 Å². The Morgan fingerprint density at radius 2 is 1.07 bits per heavy atom. The van der Waals surface area contributed by atoms with Crippen molar-refractivity contribution >= 4 is 11.9 Å². The first-order valence-corrected chi connectivity index (χ1v) is 11.4. The van der Waals surface area contributed by atoms with Crippen molar-refractivity contribution in [1.29, 1.82) is 0 Å². The van der Waals surface area contributed by atoms with Crippen molar-refractivity contribution in [3.8, 4) is 0 Å². The molecule has 4 nitrogen and oxygen atoms in total. The maximum Gasteiger partial charge on any atom is 0.305 e. The molecular formula is C23H44O4. The Kier molecular flexibility index (Phi) is 18.9. The van der Waals surface area contributed by atoms with Crippen LogP contribution >= 0.6 is 0 Å². The van der Waals surface area contributed by atoms with E-state index in [1.165, 1.54) is 38.5 Å². The molecule has 0 rings (SSSR count). The highest BCUT2D eigenvalue weighted by Gasteiger charge is 2.05. The van der Waals surface area contributed by atoms with E-state index in [9.17, 15) is 9.59 Å². The highest BCUT2D eigenvalue weighted by molar-refractivity contribution is 5.69. The molecule has 160 valence electrons. The highest BCUT2D eigenvalue weighted by atomic mass is 16.5. The summed E-state index contributed by atoms with van der Waals surface area (Å²) in [5.41, 5.74) is 0. The van der Waals surface area contributed by atoms with Crippen LogP contribution in [0.1, 0.15) is 117 Å². The number of unbranched alkanes of at least 4 members (excludes halogenated alkanes) is 11. The van der Waals surface area contributed by atoms with Crippen molar-refractivity contribution in [2.24, 2.45) is 5.92 Å². The van der Waals surface area contributed by atoms with Gasteiger partial charge in [-0.3, -0.25) is 9.59 Å². The molecular weight excluding hydrogens is 340 g/mol. The van der Waals surface area contributed by atoms with Gasteiger partial charge in [-0.2, -0.15) is 0 Å². The Balaban J connectivity index is 3.26. The molecule has 0 aliphatic heterocycles. The van der Waals surface area contributed by atoms with Crippen LogP contribution < -0.4 is 0 Å². The average Bonchev–Trinajstić information content (AvgIpc) is 2.64. The molecule has 27 heavy (non-hydrogen) atoms. The van der Waals surface area contributed by atoms with E-state index in [1.807, 2.05) is 13.8 Å². The van der Waals surface area contributed by atoms with Crippen LogP contribution in [0.2, 0.25) is 0 Å². The second-order valence-electron chi connectivity index (χ2n) is 8.04. The summed E-state index contributed by atoms with van der Waals surface area (Å²) in [5.74, 6) is 0.275. The predicted molar refractivity (Wildman–Crippen MR) is 112 cm³/mol. The summed E-state index contributed by atoms with van der Waals surface area (Å²) >= 11 is 0. The monoisotopic (exact) mass is 384 g/mol. The van der Waals surface area contributed by atoms with Gasteiger partial charge in [-0.15, -0.1) is 0 Å². The van der Waals surface area contributed by atoms with E-state index in [-0.39, 0.29) is 11.9 Å². The van der Waals surface area contributed by atoms with E-state index in [2.05, 4.69) is 6.92 Å². The molecule has 0 atom stereocenters. The van der Waals surface area contributed by atoms with Gasteiger partial charge >= 0.3 is 11.9 Å². The summed E-state index contributed by atoms with van der Waals surface area (Å²) in [6, 6.07) is 0. The Hall–Kier alpha value is -1.06. The third-order valence-electron chi connectivity index (χ3n) is 4.60. The molecule has 0 fully saturated rings. The Morgan fingerprint density at radius 3 is 1.59 bits per heavy atom. The standard InChI is InChI=1S/C23H44O4/c1-4-5-6-7-10-13-16-19-26-22(24)17-14-11-8-9-12-15-18-23(25)27-20-21(2)3/h21H,4-20H2,1-3H3. The van der Waals surface area contributed by atoms with Crippen LogP contribution in [0.4, 0.5) is 0 Å². The summed E-state index contributed by atoms with van der Waals surface area (Å²) < 4.78 is 10.4. The van der Waals surface area contributed by atoms with Gasteiger partial charge in [0.05, 0.1) is 13.2 Å². The van der Waals surface area contributed by atoms with Crippen LogP contribution in [0.25, 0.3) is 0 Å². The van der Waals surface area contributed by atoms with Crippen LogP contribution in [-0.2, 0) is 19.1 Å². The molecule has 0 aromatic rings. The number of esters is 2. The van der Waals surface area contributed by atoms with Gasteiger partial charge in [-0.05, 0) is 25.2 Å². The van der Waals surface area contributed by atoms with Crippen LogP contribution in [0.3, 0.4) is 0 Å². The molecule has 0 spiro atoms. The van der Waals surface area contributed by atoms with Crippen LogP contribution in [0.5, 0.6) is 0 Å². The van der Waals surface area contributed by atoms with Gasteiger partial charge in [0.25, 0.3) is 0 Å². The zero-order valence-electron chi connectivity index (χ0n) is 18.2. The number of rotatable bonds is 19. The number of ether oxygens (including phenoxy) is 2. The van der Waals surface area contributed by atoms with Crippen LogP contribution in [-0.4, -0.2) is 25.2 Å². The molecule has 0 bridgehead atoms. The topological polar surface area (TPSA) is 52.6 Å². The Morgan fingerprint density at radius 1 is 0.630 bits per heavy atom. The molecule has 0 aliphatic carbocycles. The molecule has 0 radical (unpaired) electrons. The zero-order chi connectivity index (χ0) is 20.2. The largest absolute Gasteiger partial charge is 0.466 e. The molecule has 0 aromatic carbocycles. The van der Waals surface area contributed by atoms with Crippen molar-refractivity contribution in [1.82, 2.24) is 0 Å². The van der Waals surface area contributed by atoms with Crippen molar-refractivity contribution in [3.63, 3.8) is 0 Å². The van der Waals surface area contributed by atoms with Gasteiger partial charge in [0.1, 0.15) is 0 Å². The summed E-state index contributed by atoms with van der Waals surface area (Å²) in [6.45, 7) is 7.41. The minimum atomic E-state index is -0.0765. The second kappa shape index (κ2) is 19.7. The fourth-order valence-corrected chi connectivity index (χ4v) is 2.89. The molecule has 0 unspecified atom stereocenters. The third kappa shape index (κ3) is 21.1. The SMILES string of the molecule is CCCCCCCCCOC(=O)CCCCCCCCC(=O)OCC(C)C. The molecule has 0 heterocycles. The fraction of sp³-hybridized carbons (Fsp3) is 0.913. The summed E-state index contributed by atoms with van der Waals surface area (Å²) in [5, 5.41) is 0. The normalized spacial score (nSPS) is 11.0. The summed E-state index contributed by atoms with van der Waals surface area (Å²) in [7, 11) is 0. The van der Waals surface area contributed by atoms with E-state index >= 15 is 0 Å². The quantitative estimate of drug-likeness (QED) is 0.186. The first kappa shape index (κ1) is 25.9. The fourth-order valence-electron chi connectivity index (χ4n) is 2.89. The Bertz CT molecular complexity index is 352. The second-order valence-corrected chi connectivity index (χ2v) is 8.04. The number of carbonyl (C=O) groups excluding carboxylic acids is 2. The maximum atomic E-state index is 11.7. The van der Waals surface area contributed by atoms with Gasteiger partial charge in [0.2, 0.25) is 0 Å². The maximum absolute atomic E-state index is 11.7. The van der Waals surface area contributed by atoms with Crippen LogP contribution in [0, 0.1) is 5.92 Å². The lowest BCUT2D eigenvalue weighted by Gasteiger charge is -2.07. The lowest BCUT2D eigenvalue weighted by Crippen LogP contribution is -2.09. The highest BCUT2D eigenvalue weighted by Crippen LogP contribution is 2.11. The molecule has 0 saturated carbocycles. The number of hydrogen-bond acceptors (Lipinski definition) is 4. The van der Waals surface area contributed by atoms with E-state index in [0.717, 1.165) is 44.9 Å². The van der Waals surface area contributed by atoms with Gasteiger partial charge < -0.3 is 9.47 Å². The van der Waals surface area contributed by atoms with Gasteiger partial charge in [-0.25, -0.2) is 0 Å². The summed E-state index contributed by atoms with van der Waals surface area (Å²) in [6.07, 6.45) is 15.9. The minimum Gasteiger partial charge on any atom is -0.466 e. The minimum absolute atomic E-state index is 0.0473. The smallest absolute Gasteiger partial charge is 0.305 e. The Labute approximate surface area is 167 Å². The first-order valence-electron chi connectivity index (χ1n) is 11.4. The van der Waals surface area contributed by atoms with E-state index < -0.39 is 0 Å².